The Balaban J connectivity index is 1.84. The van der Waals surface area contributed by atoms with E-state index in [1.165, 1.54) is 37.6 Å². The number of fused-ring (bicyclic) bond motifs is 1. The number of nitrogens with one attached hydrogen (secondary N) is 1. The van der Waals surface area contributed by atoms with Crippen molar-refractivity contribution in [1.82, 2.24) is 19.9 Å². The summed E-state index contributed by atoms with van der Waals surface area (Å²) in [5.41, 5.74) is -1.03. The zero-order valence-corrected chi connectivity index (χ0v) is 16.4. The molecule has 0 aliphatic carbocycles. The van der Waals surface area contributed by atoms with Gasteiger partial charge in [-0.3, -0.25) is 4.98 Å². The summed E-state index contributed by atoms with van der Waals surface area (Å²) in [7, 11) is 1.42. The van der Waals surface area contributed by atoms with Gasteiger partial charge >= 0.3 is 6.18 Å². The number of alkyl halides is 3. The summed E-state index contributed by atoms with van der Waals surface area (Å²) in [6, 6.07) is 8.16. The zero-order chi connectivity index (χ0) is 22.9. The SMILES string of the molecule is COCc1nc(Nc2ccc(F)c(F)c2)c2ccc(-c3ncccc3C(F)(F)F)nc2n1. The summed E-state index contributed by atoms with van der Waals surface area (Å²) in [6.45, 7) is -0.00824. The number of methoxy groups -OCH3 is 1. The van der Waals surface area contributed by atoms with Gasteiger partial charge in [-0.2, -0.15) is 13.2 Å². The molecule has 164 valence electrons. The van der Waals surface area contributed by atoms with Crippen LogP contribution in [0.2, 0.25) is 0 Å². The van der Waals surface area contributed by atoms with Gasteiger partial charge in [0.25, 0.3) is 0 Å². The van der Waals surface area contributed by atoms with E-state index in [1.54, 1.807) is 0 Å². The normalized spacial score (nSPS) is 11.7. The minimum Gasteiger partial charge on any atom is -0.377 e. The summed E-state index contributed by atoms with van der Waals surface area (Å²) in [6.07, 6.45) is -3.38. The fourth-order valence-electron chi connectivity index (χ4n) is 3.02. The summed E-state index contributed by atoms with van der Waals surface area (Å²) in [5.74, 6) is -1.68. The molecule has 0 unspecified atom stereocenters. The highest BCUT2D eigenvalue weighted by atomic mass is 19.4. The van der Waals surface area contributed by atoms with Crippen LogP contribution in [0.4, 0.5) is 33.5 Å². The highest BCUT2D eigenvalue weighted by molar-refractivity contribution is 5.90. The van der Waals surface area contributed by atoms with Crippen LogP contribution < -0.4 is 5.32 Å². The maximum absolute atomic E-state index is 13.6. The predicted molar refractivity (Wildman–Crippen MR) is 106 cm³/mol. The van der Waals surface area contributed by atoms with Crippen molar-refractivity contribution in [2.45, 2.75) is 12.8 Å². The number of halogens is 5. The second kappa shape index (κ2) is 8.42. The molecule has 3 heterocycles. The molecule has 0 aliphatic rings. The Labute approximate surface area is 178 Å². The molecule has 0 atom stereocenters. The predicted octanol–water partition coefficient (Wildman–Crippen LogP) is 5.27. The van der Waals surface area contributed by atoms with Gasteiger partial charge in [-0.15, -0.1) is 0 Å². The van der Waals surface area contributed by atoms with E-state index in [9.17, 15) is 22.0 Å². The Morgan fingerprint density at radius 1 is 0.969 bits per heavy atom. The molecule has 3 aromatic heterocycles. The van der Waals surface area contributed by atoms with Crippen molar-refractivity contribution in [2.75, 3.05) is 12.4 Å². The van der Waals surface area contributed by atoms with Crippen molar-refractivity contribution in [3.05, 3.63) is 71.7 Å². The molecule has 0 saturated heterocycles. The second-order valence-corrected chi connectivity index (χ2v) is 6.64. The van der Waals surface area contributed by atoms with E-state index < -0.39 is 23.4 Å². The van der Waals surface area contributed by atoms with E-state index in [0.717, 1.165) is 18.2 Å². The maximum Gasteiger partial charge on any atom is 0.418 e. The van der Waals surface area contributed by atoms with Crippen LogP contribution in [0.15, 0.2) is 48.7 Å². The summed E-state index contributed by atoms with van der Waals surface area (Å²) >= 11 is 0. The molecule has 1 N–H and O–H groups in total. The molecular formula is C21H14F5N5O. The Bertz CT molecular complexity index is 1300. The van der Waals surface area contributed by atoms with E-state index in [1.807, 2.05) is 0 Å². The number of nitrogens with zero attached hydrogens (tertiary/aromatic N) is 4. The molecule has 0 saturated carbocycles. The summed E-state index contributed by atoms with van der Waals surface area (Å²) in [4.78, 5) is 16.6. The van der Waals surface area contributed by atoms with Crippen LogP contribution in [0.1, 0.15) is 11.4 Å². The lowest BCUT2D eigenvalue weighted by atomic mass is 10.1. The van der Waals surface area contributed by atoms with E-state index in [0.29, 0.717) is 5.39 Å². The van der Waals surface area contributed by atoms with E-state index >= 15 is 0 Å². The number of anilines is 2. The van der Waals surface area contributed by atoms with E-state index in [-0.39, 0.29) is 41.0 Å². The first kappa shape index (κ1) is 21.5. The smallest absolute Gasteiger partial charge is 0.377 e. The lowest BCUT2D eigenvalue weighted by Gasteiger charge is -2.13. The average molecular weight is 447 g/mol. The number of pyridine rings is 2. The first-order valence-electron chi connectivity index (χ1n) is 9.17. The molecule has 0 bridgehead atoms. The molecule has 4 aromatic rings. The molecule has 0 spiro atoms. The molecule has 1 aromatic carbocycles. The van der Waals surface area contributed by atoms with Crippen LogP contribution in [0.25, 0.3) is 22.4 Å². The molecule has 32 heavy (non-hydrogen) atoms. The second-order valence-electron chi connectivity index (χ2n) is 6.64. The highest BCUT2D eigenvalue weighted by Crippen LogP contribution is 2.36. The maximum atomic E-state index is 13.6. The van der Waals surface area contributed by atoms with Crippen molar-refractivity contribution in [2.24, 2.45) is 0 Å². The van der Waals surface area contributed by atoms with E-state index in [2.05, 4.69) is 25.3 Å². The van der Waals surface area contributed by atoms with Crippen LogP contribution in [-0.4, -0.2) is 27.0 Å². The van der Waals surface area contributed by atoms with Crippen molar-refractivity contribution >= 4 is 22.5 Å². The summed E-state index contributed by atoms with van der Waals surface area (Å²) < 4.78 is 72.1. The number of benzene rings is 1. The Morgan fingerprint density at radius 3 is 2.50 bits per heavy atom. The topological polar surface area (TPSA) is 72.8 Å². The van der Waals surface area contributed by atoms with Gasteiger partial charge in [0.05, 0.1) is 16.6 Å². The average Bonchev–Trinajstić information content (AvgIpc) is 2.75. The van der Waals surface area contributed by atoms with Gasteiger partial charge in [-0.1, -0.05) is 0 Å². The minimum atomic E-state index is -4.62. The molecule has 0 amide bonds. The fourth-order valence-corrected chi connectivity index (χ4v) is 3.02. The minimum absolute atomic E-state index is 0.00824. The number of rotatable bonds is 5. The number of aromatic nitrogens is 4. The first-order valence-corrected chi connectivity index (χ1v) is 9.17. The molecule has 6 nitrogen and oxygen atoms in total. The van der Waals surface area contributed by atoms with Crippen LogP contribution in [0.5, 0.6) is 0 Å². The monoisotopic (exact) mass is 447 g/mol. The van der Waals surface area contributed by atoms with Crippen molar-refractivity contribution in [1.29, 1.82) is 0 Å². The quantitative estimate of drug-likeness (QED) is 0.420. The standard InChI is InChI=1S/C21H14F5N5O/c1-32-10-17-30-19(28-11-4-6-14(22)15(23)9-11)12-5-7-16(29-20(12)31-17)18-13(21(24,25)26)3-2-8-27-18/h2-9H,10H2,1H3,(H,28,29,30,31). The van der Waals surface area contributed by atoms with Crippen LogP contribution in [-0.2, 0) is 17.5 Å². The van der Waals surface area contributed by atoms with Gasteiger partial charge in [0.15, 0.2) is 23.1 Å². The summed E-state index contributed by atoms with van der Waals surface area (Å²) in [5, 5.41) is 3.21. The first-order chi connectivity index (χ1) is 15.3. The zero-order valence-electron chi connectivity index (χ0n) is 16.4. The molecule has 0 fully saturated rings. The lowest BCUT2D eigenvalue weighted by molar-refractivity contribution is -0.137. The number of hydrogen-bond acceptors (Lipinski definition) is 6. The molecule has 0 radical (unpaired) electrons. The molecule has 0 aliphatic heterocycles. The van der Waals surface area contributed by atoms with Gasteiger partial charge < -0.3 is 10.1 Å². The van der Waals surface area contributed by atoms with Gasteiger partial charge in [0, 0.05) is 25.1 Å². The number of hydrogen-bond donors (Lipinski definition) is 1. The lowest BCUT2D eigenvalue weighted by Crippen LogP contribution is -2.09. The van der Waals surface area contributed by atoms with Crippen molar-refractivity contribution < 1.29 is 26.7 Å². The Hall–Kier alpha value is -3.73. The molecule has 4 rings (SSSR count). The van der Waals surface area contributed by atoms with Crippen LogP contribution in [0.3, 0.4) is 0 Å². The largest absolute Gasteiger partial charge is 0.418 e. The molecular weight excluding hydrogens is 433 g/mol. The Kier molecular flexibility index (Phi) is 5.66. The third kappa shape index (κ3) is 4.33. The van der Waals surface area contributed by atoms with Gasteiger partial charge in [-0.25, -0.2) is 23.7 Å². The van der Waals surface area contributed by atoms with Gasteiger partial charge in [-0.05, 0) is 36.4 Å². The Morgan fingerprint density at radius 2 is 1.78 bits per heavy atom. The van der Waals surface area contributed by atoms with Gasteiger partial charge in [0.1, 0.15) is 18.1 Å². The van der Waals surface area contributed by atoms with Gasteiger partial charge in [0.2, 0.25) is 0 Å². The third-order valence-electron chi connectivity index (χ3n) is 4.42. The molecule has 11 heteroatoms. The fraction of sp³-hybridized carbons (Fsp3) is 0.143. The van der Waals surface area contributed by atoms with Crippen molar-refractivity contribution in [3.63, 3.8) is 0 Å². The third-order valence-corrected chi connectivity index (χ3v) is 4.42. The van der Waals surface area contributed by atoms with Crippen LogP contribution >= 0.6 is 0 Å². The highest BCUT2D eigenvalue weighted by Gasteiger charge is 2.34. The van der Waals surface area contributed by atoms with Crippen molar-refractivity contribution in [3.8, 4) is 11.4 Å². The van der Waals surface area contributed by atoms with E-state index in [4.69, 9.17) is 4.74 Å². The van der Waals surface area contributed by atoms with Crippen LogP contribution in [0, 0.1) is 11.6 Å². The number of ether oxygens (including phenoxy) is 1.